The molecule has 0 bridgehead atoms. The van der Waals surface area contributed by atoms with E-state index in [0.29, 0.717) is 0 Å². The van der Waals surface area contributed by atoms with Crippen molar-refractivity contribution in [3.8, 4) is 0 Å². The lowest BCUT2D eigenvalue weighted by molar-refractivity contribution is 0.260. The lowest BCUT2D eigenvalue weighted by Gasteiger charge is -2.00. The van der Waals surface area contributed by atoms with Crippen LogP contribution in [0.4, 0.5) is 9.59 Å². The van der Waals surface area contributed by atoms with E-state index in [9.17, 15) is 9.59 Å². The first kappa shape index (κ1) is 32.0. The molecule has 0 spiro atoms. The molecule has 0 aromatic heterocycles. The summed E-state index contributed by atoms with van der Waals surface area (Å²) in [5, 5.41) is 4.89. The molecule has 2 amide bonds. The van der Waals surface area contributed by atoms with E-state index < -0.39 is 0 Å². The summed E-state index contributed by atoms with van der Waals surface area (Å²) in [5.41, 5.74) is 1.32. The van der Waals surface area contributed by atoms with Crippen molar-refractivity contribution in [2.75, 3.05) is 13.1 Å². The Morgan fingerprint density at radius 3 is 1.29 bits per heavy atom. The molecular weight excluding hydrogens is 424 g/mol. The van der Waals surface area contributed by atoms with Crippen LogP contribution in [0.1, 0.15) is 96.5 Å². The lowest BCUT2D eigenvalue weighted by atomic mass is 10.1. The van der Waals surface area contributed by atoms with Gasteiger partial charge < -0.3 is 10.6 Å². The number of nitrogens with one attached hydrogen (secondary N) is 2. The summed E-state index contributed by atoms with van der Waals surface area (Å²) < 4.78 is 0. The molecule has 1 aromatic carbocycles. The van der Waals surface area contributed by atoms with Gasteiger partial charge in [0.05, 0.1) is 0 Å². The Morgan fingerprint density at radius 1 is 0.645 bits per heavy atom. The summed E-state index contributed by atoms with van der Waals surface area (Å²) >= 11 is 7.21. The average molecular weight is 471 g/mol. The van der Waals surface area contributed by atoms with Crippen LogP contribution in [0.2, 0.25) is 0 Å². The minimum atomic E-state index is -0.219. The Kier molecular flexibility index (Phi) is 27.8. The van der Waals surface area contributed by atoms with Crippen molar-refractivity contribution in [1.82, 2.24) is 10.6 Å². The number of thiol groups is 2. The van der Waals surface area contributed by atoms with E-state index in [4.69, 9.17) is 0 Å². The molecule has 0 saturated heterocycles. The number of amides is 2. The van der Waals surface area contributed by atoms with Gasteiger partial charge in [-0.25, -0.2) is 0 Å². The highest BCUT2D eigenvalue weighted by molar-refractivity contribution is 7.96. The highest BCUT2D eigenvalue weighted by Gasteiger charge is 1.92. The zero-order chi connectivity index (χ0) is 23.6. The number of aryl methyl sites for hydroxylation is 1. The summed E-state index contributed by atoms with van der Waals surface area (Å²) in [6.45, 7) is 8.05. The van der Waals surface area contributed by atoms with E-state index in [0.717, 1.165) is 25.9 Å². The number of hydrogen-bond donors (Lipinski definition) is 4. The second-order valence-electron chi connectivity index (χ2n) is 7.65. The molecular formula is C25H46N2O2S2. The SMILES string of the molecule is CCCCCCCCNC(=O)S.CCCCCCCCNC(=O)S.Cc1ccccc1. The van der Waals surface area contributed by atoms with Crippen LogP contribution in [-0.4, -0.2) is 23.6 Å². The Balaban J connectivity index is 0. The quantitative estimate of drug-likeness (QED) is 0.165. The molecule has 0 radical (unpaired) electrons. The summed E-state index contributed by atoms with van der Waals surface area (Å²) in [4.78, 5) is 20.7. The zero-order valence-electron chi connectivity index (χ0n) is 20.0. The van der Waals surface area contributed by atoms with Gasteiger partial charge in [0.2, 0.25) is 0 Å². The van der Waals surface area contributed by atoms with Gasteiger partial charge in [-0.1, -0.05) is 139 Å². The summed E-state index contributed by atoms with van der Waals surface area (Å²) in [5.74, 6) is 0. The largest absolute Gasteiger partial charge is 0.347 e. The van der Waals surface area contributed by atoms with E-state index >= 15 is 0 Å². The van der Waals surface area contributed by atoms with Gasteiger partial charge in [-0.2, -0.15) is 0 Å². The normalized spacial score (nSPS) is 9.58. The minimum absolute atomic E-state index is 0.219. The smallest absolute Gasteiger partial charge is 0.275 e. The molecule has 1 aromatic rings. The highest BCUT2D eigenvalue weighted by Crippen LogP contribution is 2.04. The van der Waals surface area contributed by atoms with E-state index in [1.807, 2.05) is 18.2 Å². The highest BCUT2D eigenvalue weighted by atomic mass is 32.1. The maximum atomic E-state index is 10.3. The molecule has 0 aliphatic carbocycles. The molecule has 4 nitrogen and oxygen atoms in total. The average Bonchev–Trinajstić information content (AvgIpc) is 2.73. The Bertz CT molecular complexity index is 486. The number of carbonyl (C=O) groups excluding carboxylic acids is 2. The van der Waals surface area contributed by atoms with E-state index in [2.05, 4.69) is 68.8 Å². The van der Waals surface area contributed by atoms with E-state index in [-0.39, 0.29) is 10.5 Å². The third kappa shape index (κ3) is 33.7. The number of benzene rings is 1. The Labute approximate surface area is 202 Å². The number of unbranched alkanes of at least 4 members (excludes halogenated alkanes) is 10. The molecule has 0 heterocycles. The van der Waals surface area contributed by atoms with Crippen LogP contribution in [0, 0.1) is 6.92 Å². The van der Waals surface area contributed by atoms with Crippen LogP contribution >= 0.6 is 25.3 Å². The minimum Gasteiger partial charge on any atom is -0.347 e. The predicted octanol–water partition coefficient (Wildman–Crippen LogP) is 7.97. The second-order valence-corrected chi connectivity index (χ2v) is 8.47. The zero-order valence-corrected chi connectivity index (χ0v) is 21.8. The number of hydrogen-bond acceptors (Lipinski definition) is 2. The maximum Gasteiger partial charge on any atom is 0.275 e. The van der Waals surface area contributed by atoms with Crippen molar-refractivity contribution in [3.05, 3.63) is 35.9 Å². The third-order valence-electron chi connectivity index (χ3n) is 4.55. The third-order valence-corrected chi connectivity index (χ3v) is 4.87. The van der Waals surface area contributed by atoms with Crippen molar-refractivity contribution in [2.45, 2.75) is 97.8 Å². The molecule has 31 heavy (non-hydrogen) atoms. The standard InChI is InChI=1S/2C9H19NOS.C7H8/c2*1-2-3-4-5-6-7-8-10-9(11)12;1-7-5-3-2-4-6-7/h2*2-8H2,1H3,(H2,10,11,12);2-6H,1H3. The van der Waals surface area contributed by atoms with Crippen LogP contribution in [0.5, 0.6) is 0 Å². The molecule has 1 rings (SSSR count). The van der Waals surface area contributed by atoms with Crippen molar-refractivity contribution in [1.29, 1.82) is 0 Å². The van der Waals surface area contributed by atoms with Gasteiger partial charge in [0.25, 0.3) is 10.5 Å². The Hall–Kier alpha value is -1.14. The molecule has 0 unspecified atom stereocenters. The molecule has 0 aliphatic heterocycles. The molecule has 0 saturated carbocycles. The molecule has 180 valence electrons. The summed E-state index contributed by atoms with van der Waals surface area (Å²) in [6, 6.07) is 10.3. The fourth-order valence-corrected chi connectivity index (χ4v) is 2.96. The molecule has 0 aliphatic rings. The van der Waals surface area contributed by atoms with Gasteiger partial charge in [-0.15, -0.1) is 0 Å². The number of rotatable bonds is 14. The molecule has 0 fully saturated rings. The van der Waals surface area contributed by atoms with E-state index in [1.165, 1.54) is 69.8 Å². The summed E-state index contributed by atoms with van der Waals surface area (Å²) in [6.07, 6.45) is 15.1. The second kappa shape index (κ2) is 26.9. The maximum absolute atomic E-state index is 10.3. The van der Waals surface area contributed by atoms with Crippen LogP contribution < -0.4 is 10.6 Å². The first-order valence-electron chi connectivity index (χ1n) is 11.9. The van der Waals surface area contributed by atoms with Crippen LogP contribution in [-0.2, 0) is 0 Å². The van der Waals surface area contributed by atoms with Crippen molar-refractivity contribution < 1.29 is 9.59 Å². The van der Waals surface area contributed by atoms with Gasteiger partial charge in [-0.05, 0) is 19.8 Å². The van der Waals surface area contributed by atoms with Gasteiger partial charge in [0.15, 0.2) is 0 Å². The Morgan fingerprint density at radius 2 is 1.00 bits per heavy atom. The predicted molar refractivity (Wildman–Crippen MR) is 143 cm³/mol. The van der Waals surface area contributed by atoms with Crippen LogP contribution in [0.3, 0.4) is 0 Å². The van der Waals surface area contributed by atoms with E-state index in [1.54, 1.807) is 0 Å². The lowest BCUT2D eigenvalue weighted by Crippen LogP contribution is -2.17. The van der Waals surface area contributed by atoms with Crippen LogP contribution in [0.15, 0.2) is 30.3 Å². The fraction of sp³-hybridized carbons (Fsp3) is 0.680. The first-order chi connectivity index (χ1) is 14.9. The van der Waals surface area contributed by atoms with Crippen molar-refractivity contribution >= 4 is 35.7 Å². The van der Waals surface area contributed by atoms with Gasteiger partial charge in [0, 0.05) is 13.1 Å². The van der Waals surface area contributed by atoms with Gasteiger partial charge in [-0.3, -0.25) is 9.59 Å². The molecule has 0 atom stereocenters. The van der Waals surface area contributed by atoms with Gasteiger partial charge in [0.1, 0.15) is 0 Å². The topological polar surface area (TPSA) is 58.2 Å². The number of carbonyl (C=O) groups is 2. The van der Waals surface area contributed by atoms with Crippen molar-refractivity contribution in [2.24, 2.45) is 0 Å². The molecule has 6 heteroatoms. The fourth-order valence-electron chi connectivity index (χ4n) is 2.74. The van der Waals surface area contributed by atoms with Gasteiger partial charge >= 0.3 is 0 Å². The molecule has 2 N–H and O–H groups in total. The first-order valence-corrected chi connectivity index (χ1v) is 12.8. The summed E-state index contributed by atoms with van der Waals surface area (Å²) in [7, 11) is 0. The monoisotopic (exact) mass is 470 g/mol. The van der Waals surface area contributed by atoms with Crippen molar-refractivity contribution in [3.63, 3.8) is 0 Å². The van der Waals surface area contributed by atoms with Crippen LogP contribution in [0.25, 0.3) is 0 Å².